The molecule has 1 aromatic carbocycles. The van der Waals surface area contributed by atoms with Gasteiger partial charge in [-0.05, 0) is 33.6 Å². The van der Waals surface area contributed by atoms with Gasteiger partial charge in [-0.25, -0.2) is 9.78 Å². The maximum atomic E-state index is 11.1. The molecule has 1 atom stereocenters. The molecule has 3 rings (SSSR count). The third kappa shape index (κ3) is 2.22. The average Bonchev–Trinajstić information content (AvgIpc) is 2.95. The number of oxazole rings is 1. The first kappa shape index (κ1) is 12.2. The summed E-state index contributed by atoms with van der Waals surface area (Å²) < 4.78 is 5.78. The van der Waals surface area contributed by atoms with Crippen LogP contribution < -0.4 is 11.5 Å². The zero-order chi connectivity index (χ0) is 13.4. The summed E-state index contributed by atoms with van der Waals surface area (Å²) in [5.41, 5.74) is 7.98. The maximum Gasteiger partial charge on any atom is 0.417 e. The van der Waals surface area contributed by atoms with Crippen molar-refractivity contribution in [2.24, 2.45) is 5.73 Å². The molecule has 0 radical (unpaired) electrons. The Bertz CT molecular complexity index is 773. The average molecular weight is 323 g/mol. The highest BCUT2D eigenvalue weighted by Crippen LogP contribution is 2.24. The van der Waals surface area contributed by atoms with Gasteiger partial charge in [-0.2, -0.15) is 0 Å². The van der Waals surface area contributed by atoms with E-state index in [0.717, 1.165) is 16.0 Å². The van der Waals surface area contributed by atoms with Crippen molar-refractivity contribution in [1.82, 2.24) is 15.0 Å². The molecular formula is C12H11BrN4O2. The lowest BCUT2D eigenvalue weighted by molar-refractivity contribution is 0.555. The predicted octanol–water partition coefficient (Wildman–Crippen LogP) is 1.70. The van der Waals surface area contributed by atoms with Gasteiger partial charge < -0.3 is 15.1 Å². The molecule has 2 heterocycles. The number of hydrogen-bond donors (Lipinski definition) is 3. The second kappa shape index (κ2) is 4.67. The minimum Gasteiger partial charge on any atom is -0.408 e. The van der Waals surface area contributed by atoms with Crippen molar-refractivity contribution >= 4 is 27.0 Å². The van der Waals surface area contributed by atoms with Crippen LogP contribution in [0.5, 0.6) is 0 Å². The first-order chi connectivity index (χ1) is 9.17. The fourth-order valence-corrected chi connectivity index (χ4v) is 2.39. The molecule has 4 N–H and O–H groups in total. The van der Waals surface area contributed by atoms with Gasteiger partial charge in [0.2, 0.25) is 0 Å². The normalized spacial score (nSPS) is 12.9. The van der Waals surface area contributed by atoms with E-state index in [2.05, 4.69) is 30.9 Å². The van der Waals surface area contributed by atoms with Crippen molar-refractivity contribution in [2.45, 2.75) is 5.92 Å². The van der Waals surface area contributed by atoms with Crippen LogP contribution in [-0.4, -0.2) is 21.5 Å². The van der Waals surface area contributed by atoms with Crippen LogP contribution in [0, 0.1) is 0 Å². The Labute approximate surface area is 116 Å². The van der Waals surface area contributed by atoms with Crippen molar-refractivity contribution in [1.29, 1.82) is 0 Å². The smallest absolute Gasteiger partial charge is 0.408 e. The maximum absolute atomic E-state index is 11.1. The number of nitrogens with zero attached hydrogens (tertiary/aromatic N) is 1. The lowest BCUT2D eigenvalue weighted by Crippen LogP contribution is -2.15. The largest absolute Gasteiger partial charge is 0.417 e. The summed E-state index contributed by atoms with van der Waals surface area (Å²) in [6.07, 6.45) is 1.69. The third-order valence-corrected chi connectivity index (χ3v) is 3.38. The molecule has 7 heteroatoms. The SMILES string of the molecule is NCC(c1ccc2oc(=O)[nH]c2c1)c1ncc(Br)[nH]1. The first-order valence-corrected chi connectivity index (χ1v) is 6.50. The monoisotopic (exact) mass is 322 g/mol. The number of nitrogens with two attached hydrogens (primary N) is 1. The molecule has 0 saturated heterocycles. The van der Waals surface area contributed by atoms with Crippen molar-refractivity contribution in [2.75, 3.05) is 6.54 Å². The lowest BCUT2D eigenvalue weighted by atomic mass is 9.98. The fourth-order valence-electron chi connectivity index (χ4n) is 2.08. The number of fused-ring (bicyclic) bond motifs is 1. The number of benzene rings is 1. The zero-order valence-corrected chi connectivity index (χ0v) is 11.4. The molecule has 3 aromatic rings. The van der Waals surface area contributed by atoms with E-state index in [-0.39, 0.29) is 5.92 Å². The fraction of sp³-hybridized carbons (Fsp3) is 0.167. The Hall–Kier alpha value is -1.86. The highest BCUT2D eigenvalue weighted by molar-refractivity contribution is 9.10. The molecule has 98 valence electrons. The Kier molecular flexibility index (Phi) is 3.00. The van der Waals surface area contributed by atoms with Crippen LogP contribution in [0.2, 0.25) is 0 Å². The van der Waals surface area contributed by atoms with E-state index < -0.39 is 5.76 Å². The van der Waals surface area contributed by atoms with Crippen LogP contribution >= 0.6 is 15.9 Å². The second-order valence-corrected chi connectivity index (χ2v) is 5.03. The Balaban J connectivity index is 2.07. The summed E-state index contributed by atoms with van der Waals surface area (Å²) in [5.74, 6) is 0.255. The molecule has 0 fully saturated rings. The summed E-state index contributed by atoms with van der Waals surface area (Å²) in [5, 5.41) is 0. The summed E-state index contributed by atoms with van der Waals surface area (Å²) in [6, 6.07) is 5.49. The minimum atomic E-state index is -0.461. The molecule has 6 nitrogen and oxygen atoms in total. The highest BCUT2D eigenvalue weighted by atomic mass is 79.9. The van der Waals surface area contributed by atoms with E-state index in [1.165, 1.54) is 0 Å². The number of nitrogens with one attached hydrogen (secondary N) is 2. The first-order valence-electron chi connectivity index (χ1n) is 5.70. The second-order valence-electron chi connectivity index (χ2n) is 4.17. The van der Waals surface area contributed by atoms with Gasteiger partial charge in [-0.3, -0.25) is 4.98 Å². The Morgan fingerprint density at radius 3 is 2.95 bits per heavy atom. The van der Waals surface area contributed by atoms with E-state index in [1.54, 1.807) is 12.3 Å². The standard InChI is InChI=1S/C12H11BrN4O2/c13-10-5-15-11(17-10)7(4-14)6-1-2-9-8(3-6)16-12(18)19-9/h1-3,5,7H,4,14H2,(H,15,17)(H,16,18). The number of halogens is 1. The summed E-state index contributed by atoms with van der Waals surface area (Å²) in [7, 11) is 0. The molecule has 0 aliphatic rings. The van der Waals surface area contributed by atoms with Crippen molar-refractivity contribution in [3.8, 4) is 0 Å². The van der Waals surface area contributed by atoms with Crippen LogP contribution in [0.15, 0.2) is 38.2 Å². The Morgan fingerprint density at radius 1 is 1.42 bits per heavy atom. The summed E-state index contributed by atoms with van der Waals surface area (Å²) in [6.45, 7) is 0.410. The van der Waals surface area contributed by atoms with E-state index in [9.17, 15) is 4.79 Å². The van der Waals surface area contributed by atoms with Gasteiger partial charge in [0.05, 0.1) is 17.6 Å². The van der Waals surface area contributed by atoms with Gasteiger partial charge in [0.25, 0.3) is 0 Å². The van der Waals surface area contributed by atoms with Crippen LogP contribution in [0.4, 0.5) is 0 Å². The van der Waals surface area contributed by atoms with Gasteiger partial charge in [0.1, 0.15) is 10.4 Å². The van der Waals surface area contributed by atoms with E-state index in [1.807, 2.05) is 12.1 Å². The van der Waals surface area contributed by atoms with Gasteiger partial charge in [-0.1, -0.05) is 6.07 Å². The number of imidazole rings is 1. The van der Waals surface area contributed by atoms with Crippen molar-refractivity contribution in [3.05, 3.63) is 50.9 Å². The van der Waals surface area contributed by atoms with Crippen LogP contribution in [-0.2, 0) is 0 Å². The molecule has 2 aromatic heterocycles. The van der Waals surface area contributed by atoms with Crippen molar-refractivity contribution < 1.29 is 4.42 Å². The van der Waals surface area contributed by atoms with E-state index in [0.29, 0.717) is 17.6 Å². The number of H-pyrrole nitrogens is 2. The summed E-state index contributed by atoms with van der Waals surface area (Å²) >= 11 is 3.32. The van der Waals surface area contributed by atoms with E-state index in [4.69, 9.17) is 10.2 Å². The molecule has 0 aliphatic heterocycles. The number of aromatic nitrogens is 3. The van der Waals surface area contributed by atoms with Crippen molar-refractivity contribution in [3.63, 3.8) is 0 Å². The number of aromatic amines is 2. The van der Waals surface area contributed by atoms with Crippen LogP contribution in [0.1, 0.15) is 17.3 Å². The molecule has 0 amide bonds. The molecular weight excluding hydrogens is 312 g/mol. The van der Waals surface area contributed by atoms with E-state index >= 15 is 0 Å². The molecule has 0 spiro atoms. The number of hydrogen-bond acceptors (Lipinski definition) is 4. The quantitative estimate of drug-likeness (QED) is 0.683. The molecule has 1 unspecified atom stereocenters. The highest BCUT2D eigenvalue weighted by Gasteiger charge is 2.17. The van der Waals surface area contributed by atoms with Gasteiger partial charge in [-0.15, -0.1) is 0 Å². The summed E-state index contributed by atoms with van der Waals surface area (Å²) in [4.78, 5) is 21.2. The lowest BCUT2D eigenvalue weighted by Gasteiger charge is -2.12. The predicted molar refractivity (Wildman–Crippen MR) is 74.0 cm³/mol. The Morgan fingerprint density at radius 2 is 2.26 bits per heavy atom. The molecule has 0 saturated carbocycles. The van der Waals surface area contributed by atoms with Crippen LogP contribution in [0.25, 0.3) is 11.1 Å². The van der Waals surface area contributed by atoms with Gasteiger partial charge in [0.15, 0.2) is 5.58 Å². The molecule has 0 bridgehead atoms. The minimum absolute atomic E-state index is 0.0610. The molecule has 19 heavy (non-hydrogen) atoms. The number of rotatable bonds is 3. The van der Waals surface area contributed by atoms with Crippen LogP contribution in [0.3, 0.4) is 0 Å². The van der Waals surface area contributed by atoms with Gasteiger partial charge in [0, 0.05) is 6.54 Å². The van der Waals surface area contributed by atoms with Gasteiger partial charge >= 0.3 is 5.76 Å². The third-order valence-electron chi connectivity index (χ3n) is 2.98. The molecule has 0 aliphatic carbocycles. The topological polar surface area (TPSA) is 101 Å². The zero-order valence-electron chi connectivity index (χ0n) is 9.81.